The van der Waals surface area contributed by atoms with Gasteiger partial charge in [0, 0.05) is 62.3 Å². The SMILES string of the molecule is CCn1ccc(Nc2ncc3c(n2)-c2c(nn(C)c2Cc2cccc(-c4cnn(CC(C)C)c4)c2)CC3)n1. The number of aryl methyl sites for hydroxylation is 4. The van der Waals surface area contributed by atoms with E-state index < -0.39 is 0 Å². The first-order valence-corrected chi connectivity index (χ1v) is 13.3. The van der Waals surface area contributed by atoms with Gasteiger partial charge in [-0.3, -0.25) is 14.0 Å². The van der Waals surface area contributed by atoms with Gasteiger partial charge in [0.15, 0.2) is 5.82 Å². The Hall–Kier alpha value is -4.27. The fraction of sp³-hybridized carbons (Fsp3) is 0.345. The number of aromatic nitrogens is 8. The molecule has 0 atom stereocenters. The van der Waals surface area contributed by atoms with Gasteiger partial charge in [0.2, 0.25) is 5.95 Å². The third kappa shape index (κ3) is 4.71. The summed E-state index contributed by atoms with van der Waals surface area (Å²) in [5, 5.41) is 17.2. The molecule has 0 amide bonds. The predicted molar refractivity (Wildman–Crippen MR) is 148 cm³/mol. The van der Waals surface area contributed by atoms with Gasteiger partial charge in [-0.15, -0.1) is 0 Å². The van der Waals surface area contributed by atoms with E-state index in [1.165, 1.54) is 11.1 Å². The van der Waals surface area contributed by atoms with Gasteiger partial charge in [0.1, 0.15) is 0 Å². The Morgan fingerprint density at radius 2 is 1.92 bits per heavy atom. The highest BCUT2D eigenvalue weighted by Gasteiger charge is 2.26. The smallest absolute Gasteiger partial charge is 0.228 e. The normalized spacial score (nSPS) is 12.6. The summed E-state index contributed by atoms with van der Waals surface area (Å²) < 4.78 is 5.92. The first-order valence-electron chi connectivity index (χ1n) is 13.3. The van der Waals surface area contributed by atoms with Gasteiger partial charge >= 0.3 is 0 Å². The molecule has 0 aliphatic heterocycles. The van der Waals surface area contributed by atoms with Crippen LogP contribution in [0.4, 0.5) is 11.8 Å². The molecule has 38 heavy (non-hydrogen) atoms. The van der Waals surface area contributed by atoms with Gasteiger partial charge in [-0.25, -0.2) is 9.97 Å². The highest BCUT2D eigenvalue weighted by molar-refractivity contribution is 5.72. The van der Waals surface area contributed by atoms with Gasteiger partial charge in [0.05, 0.1) is 23.3 Å². The van der Waals surface area contributed by atoms with Crippen LogP contribution in [0.15, 0.2) is 55.1 Å². The monoisotopic (exact) mass is 507 g/mol. The molecule has 1 aliphatic rings. The van der Waals surface area contributed by atoms with E-state index in [1.54, 1.807) is 0 Å². The summed E-state index contributed by atoms with van der Waals surface area (Å²) in [5.74, 6) is 1.84. The molecule has 0 bridgehead atoms. The molecule has 0 spiro atoms. The van der Waals surface area contributed by atoms with Crippen LogP contribution in [0.1, 0.15) is 43.3 Å². The second kappa shape index (κ2) is 9.89. The van der Waals surface area contributed by atoms with Crippen molar-refractivity contribution in [1.29, 1.82) is 0 Å². The highest BCUT2D eigenvalue weighted by Crippen LogP contribution is 2.36. The molecule has 194 valence electrons. The van der Waals surface area contributed by atoms with E-state index in [9.17, 15) is 0 Å². The zero-order valence-electron chi connectivity index (χ0n) is 22.4. The Balaban J connectivity index is 1.31. The minimum Gasteiger partial charge on any atom is -0.307 e. The van der Waals surface area contributed by atoms with Crippen molar-refractivity contribution in [3.63, 3.8) is 0 Å². The lowest BCUT2D eigenvalue weighted by atomic mass is 9.91. The molecule has 1 N–H and O–H groups in total. The third-order valence-electron chi connectivity index (χ3n) is 6.99. The Bertz CT molecular complexity index is 1590. The first kappa shape index (κ1) is 24.1. The van der Waals surface area contributed by atoms with Gasteiger partial charge in [-0.1, -0.05) is 38.1 Å². The van der Waals surface area contributed by atoms with Gasteiger partial charge in [-0.2, -0.15) is 15.3 Å². The van der Waals surface area contributed by atoms with Crippen molar-refractivity contribution >= 4 is 11.8 Å². The zero-order valence-corrected chi connectivity index (χ0v) is 22.4. The highest BCUT2D eigenvalue weighted by atomic mass is 15.3. The summed E-state index contributed by atoms with van der Waals surface area (Å²) >= 11 is 0. The van der Waals surface area contributed by atoms with Crippen molar-refractivity contribution in [1.82, 2.24) is 39.3 Å². The summed E-state index contributed by atoms with van der Waals surface area (Å²) in [6, 6.07) is 10.7. The molecule has 9 nitrogen and oxygen atoms in total. The molecule has 4 heterocycles. The predicted octanol–water partition coefficient (Wildman–Crippen LogP) is 5.05. The van der Waals surface area contributed by atoms with Crippen LogP contribution in [0.2, 0.25) is 0 Å². The Kier molecular flexibility index (Phi) is 6.27. The molecular weight excluding hydrogens is 474 g/mol. The second-order valence-electron chi connectivity index (χ2n) is 10.4. The number of rotatable bonds is 8. The van der Waals surface area contributed by atoms with Crippen LogP contribution >= 0.6 is 0 Å². The maximum Gasteiger partial charge on any atom is 0.228 e. The summed E-state index contributed by atoms with van der Waals surface area (Å²) in [6.07, 6.45) is 10.5. The average Bonchev–Trinajstić information content (AvgIpc) is 3.63. The molecule has 1 aromatic carbocycles. The van der Waals surface area contributed by atoms with Crippen molar-refractivity contribution in [2.45, 2.75) is 53.1 Å². The van der Waals surface area contributed by atoms with E-state index in [2.05, 4.69) is 71.7 Å². The van der Waals surface area contributed by atoms with Crippen molar-refractivity contribution in [3.8, 4) is 22.4 Å². The van der Waals surface area contributed by atoms with Crippen molar-refractivity contribution < 1.29 is 0 Å². The van der Waals surface area contributed by atoms with E-state index in [0.29, 0.717) is 11.9 Å². The number of nitrogens with zero attached hydrogens (tertiary/aromatic N) is 8. The fourth-order valence-electron chi connectivity index (χ4n) is 5.15. The molecule has 4 aromatic heterocycles. The van der Waals surface area contributed by atoms with Crippen LogP contribution in [0, 0.1) is 5.92 Å². The number of benzene rings is 1. The molecule has 0 radical (unpaired) electrons. The number of nitrogens with one attached hydrogen (secondary N) is 1. The van der Waals surface area contributed by atoms with Crippen molar-refractivity contribution in [2.24, 2.45) is 13.0 Å². The van der Waals surface area contributed by atoms with Gasteiger partial charge in [0.25, 0.3) is 0 Å². The summed E-state index contributed by atoms with van der Waals surface area (Å²) in [4.78, 5) is 9.53. The van der Waals surface area contributed by atoms with Crippen LogP contribution in [0.3, 0.4) is 0 Å². The van der Waals surface area contributed by atoms with E-state index >= 15 is 0 Å². The number of fused-ring (bicyclic) bond motifs is 3. The van der Waals surface area contributed by atoms with Crippen LogP contribution in [-0.2, 0) is 39.4 Å². The fourth-order valence-corrected chi connectivity index (χ4v) is 5.15. The maximum absolute atomic E-state index is 4.96. The number of hydrogen-bond donors (Lipinski definition) is 1. The molecule has 0 fully saturated rings. The molecule has 6 rings (SSSR count). The Labute approximate surface area is 222 Å². The lowest BCUT2D eigenvalue weighted by Crippen LogP contribution is -2.09. The van der Waals surface area contributed by atoms with Crippen molar-refractivity contribution in [3.05, 3.63) is 77.6 Å². The average molecular weight is 508 g/mol. The third-order valence-corrected chi connectivity index (χ3v) is 6.99. The number of hydrogen-bond acceptors (Lipinski definition) is 6. The second-order valence-corrected chi connectivity index (χ2v) is 10.4. The Morgan fingerprint density at radius 3 is 2.74 bits per heavy atom. The summed E-state index contributed by atoms with van der Waals surface area (Å²) in [7, 11) is 2.03. The van der Waals surface area contributed by atoms with E-state index in [1.807, 2.05) is 45.7 Å². The minimum atomic E-state index is 0.549. The van der Waals surface area contributed by atoms with Crippen LogP contribution in [0.5, 0.6) is 0 Å². The minimum absolute atomic E-state index is 0.549. The quantitative estimate of drug-likeness (QED) is 0.316. The number of anilines is 2. The molecule has 0 unspecified atom stereocenters. The van der Waals surface area contributed by atoms with E-state index in [0.717, 1.165) is 71.9 Å². The lowest BCUT2D eigenvalue weighted by Gasteiger charge is -2.17. The zero-order chi connectivity index (χ0) is 26.2. The largest absolute Gasteiger partial charge is 0.307 e. The molecule has 0 saturated carbocycles. The lowest BCUT2D eigenvalue weighted by molar-refractivity contribution is 0.483. The summed E-state index contributed by atoms with van der Waals surface area (Å²) in [6.45, 7) is 8.21. The molecule has 0 saturated heterocycles. The van der Waals surface area contributed by atoms with Gasteiger partial charge in [-0.05, 0) is 42.4 Å². The van der Waals surface area contributed by atoms with Crippen molar-refractivity contribution in [2.75, 3.05) is 5.32 Å². The molecule has 5 aromatic rings. The topological polar surface area (TPSA) is 91.3 Å². The Morgan fingerprint density at radius 1 is 1.03 bits per heavy atom. The van der Waals surface area contributed by atoms with E-state index in [-0.39, 0.29) is 0 Å². The van der Waals surface area contributed by atoms with Crippen LogP contribution in [-0.4, -0.2) is 39.3 Å². The summed E-state index contributed by atoms with van der Waals surface area (Å²) in [5.41, 5.74) is 9.06. The molecule has 9 heteroatoms. The molecular formula is C29H33N9. The van der Waals surface area contributed by atoms with Crippen LogP contribution < -0.4 is 5.32 Å². The van der Waals surface area contributed by atoms with Gasteiger partial charge < -0.3 is 5.32 Å². The first-order chi connectivity index (χ1) is 18.5. The van der Waals surface area contributed by atoms with E-state index in [4.69, 9.17) is 10.1 Å². The molecule has 1 aliphatic carbocycles. The maximum atomic E-state index is 4.96. The standard InChI is InChI=1S/C29H33N9/c1-5-37-12-11-26(35-37)32-29-30-15-22-9-10-24-27(28(22)33-29)25(36(4)34-24)14-20-7-6-8-21(13-20)23-16-31-38(18-23)17-19(2)3/h6-8,11-13,15-16,18-19H,5,9-10,14,17H2,1-4H3,(H,30,32,33,35). The van der Waals surface area contributed by atoms with Crippen LogP contribution in [0.25, 0.3) is 22.4 Å².